The number of hydrogen-bond acceptors (Lipinski definition) is 1. The minimum Gasteiger partial charge on any atom is -0.141 e. The van der Waals surface area contributed by atoms with Gasteiger partial charge in [0.2, 0.25) is 0 Å². The molecule has 10 heavy (non-hydrogen) atoms. The van der Waals surface area contributed by atoms with Crippen molar-refractivity contribution in [2.75, 3.05) is 0 Å². The molecule has 0 radical (unpaired) electrons. The quantitative estimate of drug-likeness (QED) is 0.458. The second kappa shape index (κ2) is 3.95. The number of benzene rings is 1. The Labute approximate surface area is 101 Å². The van der Waals surface area contributed by atoms with Crippen molar-refractivity contribution in [1.29, 1.82) is 0 Å². The molecule has 0 nitrogen and oxygen atoms in total. The lowest BCUT2D eigenvalue weighted by molar-refractivity contribution is 1.34. The van der Waals surface area contributed by atoms with E-state index in [-0.39, 0.29) is 0 Å². The van der Waals surface area contributed by atoms with Crippen molar-refractivity contribution in [1.82, 2.24) is 0 Å². The molecule has 0 aromatic heterocycles. The van der Waals surface area contributed by atoms with E-state index in [0.717, 1.165) is 9.37 Å². The van der Waals surface area contributed by atoms with Crippen LogP contribution in [0.5, 0.6) is 0 Å². The first-order chi connectivity index (χ1) is 4.61. The van der Waals surface area contributed by atoms with Crippen LogP contribution in [0.1, 0.15) is 0 Å². The van der Waals surface area contributed by atoms with Crippen LogP contribution in [0.2, 0.25) is 0 Å². The van der Waals surface area contributed by atoms with Crippen LogP contribution in [0.25, 0.3) is 0 Å². The van der Waals surface area contributed by atoms with Crippen molar-refractivity contribution >= 4 is 73.7 Å². The summed E-state index contributed by atoms with van der Waals surface area (Å²) >= 11 is 12.3. The summed E-state index contributed by atoms with van der Waals surface area (Å²) in [6.45, 7) is 0. The van der Waals surface area contributed by atoms with Gasteiger partial charge in [-0.05, 0) is 57.3 Å². The van der Waals surface area contributed by atoms with Crippen molar-refractivity contribution in [2.24, 2.45) is 0 Å². The minimum absolute atomic E-state index is 1.06. The smallest absolute Gasteiger partial charge is 0.0309 e. The highest BCUT2D eigenvalue weighted by Crippen LogP contribution is 2.26. The SMILES string of the molecule is Sc1c(I)cc(Br)cc1I. The number of rotatable bonds is 0. The number of thiol groups is 1. The van der Waals surface area contributed by atoms with Crippen LogP contribution in [-0.2, 0) is 0 Å². The van der Waals surface area contributed by atoms with Gasteiger partial charge in [-0.3, -0.25) is 0 Å². The molecule has 1 aromatic carbocycles. The zero-order valence-electron chi connectivity index (χ0n) is 4.74. The van der Waals surface area contributed by atoms with Crippen molar-refractivity contribution in [2.45, 2.75) is 4.90 Å². The molecule has 0 aliphatic carbocycles. The fraction of sp³-hybridized carbons (Fsp3) is 0. The summed E-state index contributed by atoms with van der Waals surface area (Å²) in [4.78, 5) is 1.06. The monoisotopic (exact) mass is 440 g/mol. The van der Waals surface area contributed by atoms with Gasteiger partial charge >= 0.3 is 0 Å². The van der Waals surface area contributed by atoms with Crippen LogP contribution in [0.15, 0.2) is 21.5 Å². The predicted molar refractivity (Wildman–Crippen MR) is 66.8 cm³/mol. The summed E-state index contributed by atoms with van der Waals surface area (Å²) in [5.41, 5.74) is 0. The summed E-state index contributed by atoms with van der Waals surface area (Å²) in [5, 5.41) is 0. The second-order valence-corrected chi connectivity index (χ2v) is 5.41. The highest BCUT2D eigenvalue weighted by molar-refractivity contribution is 14.1. The normalized spacial score (nSPS) is 10.0. The minimum atomic E-state index is 1.06. The molecule has 0 saturated heterocycles. The lowest BCUT2D eigenvalue weighted by Gasteiger charge is -2.00. The Kier molecular flexibility index (Phi) is 3.79. The topological polar surface area (TPSA) is 0 Å². The Morgan fingerprint density at radius 3 is 2.00 bits per heavy atom. The van der Waals surface area contributed by atoms with Gasteiger partial charge in [0.15, 0.2) is 0 Å². The Bertz CT molecular complexity index is 239. The Morgan fingerprint density at radius 2 is 1.60 bits per heavy atom. The lowest BCUT2D eigenvalue weighted by Crippen LogP contribution is -1.80. The van der Waals surface area contributed by atoms with E-state index in [1.165, 1.54) is 7.14 Å². The maximum absolute atomic E-state index is 4.32. The van der Waals surface area contributed by atoms with Crippen LogP contribution < -0.4 is 0 Å². The summed E-state index contributed by atoms with van der Waals surface area (Å²) < 4.78 is 3.47. The van der Waals surface area contributed by atoms with E-state index < -0.39 is 0 Å². The molecule has 1 aromatic rings. The van der Waals surface area contributed by atoms with Crippen molar-refractivity contribution in [3.8, 4) is 0 Å². The van der Waals surface area contributed by atoms with Gasteiger partial charge in [0.25, 0.3) is 0 Å². The molecule has 0 fully saturated rings. The van der Waals surface area contributed by atoms with Crippen LogP contribution in [0.4, 0.5) is 0 Å². The molecule has 0 aliphatic rings. The summed E-state index contributed by atoms with van der Waals surface area (Å²) in [6, 6.07) is 4.09. The maximum atomic E-state index is 4.32. The average Bonchev–Trinajstić information content (AvgIpc) is 1.82. The third-order valence-corrected chi connectivity index (χ3v) is 4.48. The first kappa shape index (κ1) is 9.60. The fourth-order valence-corrected chi connectivity index (χ4v) is 3.75. The van der Waals surface area contributed by atoms with Gasteiger partial charge in [0.05, 0.1) is 0 Å². The van der Waals surface area contributed by atoms with Gasteiger partial charge in [-0.15, -0.1) is 12.6 Å². The van der Waals surface area contributed by atoms with Gasteiger partial charge in [0, 0.05) is 16.5 Å². The van der Waals surface area contributed by atoms with Gasteiger partial charge in [-0.25, -0.2) is 0 Å². The van der Waals surface area contributed by atoms with E-state index in [0.29, 0.717) is 0 Å². The van der Waals surface area contributed by atoms with Crippen molar-refractivity contribution in [3.63, 3.8) is 0 Å². The zero-order valence-corrected chi connectivity index (χ0v) is 11.5. The molecule has 54 valence electrons. The third kappa shape index (κ3) is 2.25. The maximum Gasteiger partial charge on any atom is 0.0309 e. The van der Waals surface area contributed by atoms with Crippen molar-refractivity contribution < 1.29 is 0 Å². The van der Waals surface area contributed by atoms with Gasteiger partial charge < -0.3 is 0 Å². The first-order valence-electron chi connectivity index (χ1n) is 2.45. The van der Waals surface area contributed by atoms with E-state index in [9.17, 15) is 0 Å². The Morgan fingerprint density at radius 1 is 1.20 bits per heavy atom. The van der Waals surface area contributed by atoms with E-state index in [4.69, 9.17) is 0 Å². The molecule has 0 heterocycles. The largest absolute Gasteiger partial charge is 0.141 e. The summed E-state index contributed by atoms with van der Waals surface area (Å²) in [7, 11) is 0. The van der Waals surface area contributed by atoms with Crippen LogP contribution in [0, 0.1) is 7.14 Å². The molecule has 0 bridgehead atoms. The predicted octanol–water partition coefficient (Wildman–Crippen LogP) is 3.95. The lowest BCUT2D eigenvalue weighted by atomic mass is 10.4. The summed E-state index contributed by atoms with van der Waals surface area (Å²) in [6.07, 6.45) is 0. The van der Waals surface area contributed by atoms with Crippen molar-refractivity contribution in [3.05, 3.63) is 23.7 Å². The highest BCUT2D eigenvalue weighted by Gasteiger charge is 2.00. The highest BCUT2D eigenvalue weighted by atomic mass is 127. The molecule has 0 amide bonds. The van der Waals surface area contributed by atoms with Crippen LogP contribution in [-0.4, -0.2) is 0 Å². The summed E-state index contributed by atoms with van der Waals surface area (Å²) in [5.74, 6) is 0. The van der Waals surface area contributed by atoms with E-state index in [1.807, 2.05) is 12.1 Å². The Balaban J connectivity index is 3.31. The average molecular weight is 441 g/mol. The standard InChI is InChI=1S/C6H3BrI2S/c7-3-1-4(8)6(10)5(9)2-3/h1-2,10H. The molecule has 0 unspecified atom stereocenters. The molecular weight excluding hydrogens is 438 g/mol. The first-order valence-corrected chi connectivity index (χ1v) is 5.84. The number of halogens is 3. The van der Waals surface area contributed by atoms with Gasteiger partial charge in [0.1, 0.15) is 0 Å². The zero-order chi connectivity index (χ0) is 7.72. The molecular formula is C6H3BrI2S. The molecule has 4 heteroatoms. The van der Waals surface area contributed by atoms with Gasteiger partial charge in [-0.2, -0.15) is 0 Å². The third-order valence-electron chi connectivity index (χ3n) is 0.982. The fourth-order valence-electron chi connectivity index (χ4n) is 0.535. The van der Waals surface area contributed by atoms with Gasteiger partial charge in [-0.1, -0.05) is 15.9 Å². The van der Waals surface area contributed by atoms with E-state index >= 15 is 0 Å². The molecule has 0 atom stereocenters. The molecule has 0 saturated carbocycles. The molecule has 0 aliphatic heterocycles. The Hall–Kier alpha value is 1.51. The molecule has 0 spiro atoms. The molecule has 0 N–H and O–H groups in total. The van der Waals surface area contributed by atoms with Crippen LogP contribution >= 0.6 is 73.7 Å². The van der Waals surface area contributed by atoms with Crippen LogP contribution in [0.3, 0.4) is 0 Å². The second-order valence-electron chi connectivity index (χ2n) is 1.72. The molecule has 1 rings (SSSR count). The van der Waals surface area contributed by atoms with E-state index in [1.54, 1.807) is 0 Å². The van der Waals surface area contributed by atoms with E-state index in [2.05, 4.69) is 73.7 Å². The number of hydrogen-bond donors (Lipinski definition) is 1.